The van der Waals surface area contributed by atoms with Gasteiger partial charge in [0.1, 0.15) is 11.6 Å². The summed E-state index contributed by atoms with van der Waals surface area (Å²) in [6, 6.07) is 6.09. The molecule has 3 aromatic rings. The Morgan fingerprint density at radius 3 is 2.36 bits per heavy atom. The van der Waals surface area contributed by atoms with Gasteiger partial charge in [0.05, 0.1) is 18.4 Å². The zero-order valence-electron chi connectivity index (χ0n) is 15.5. The Kier molecular flexibility index (Phi) is 4.63. The van der Waals surface area contributed by atoms with Crippen molar-refractivity contribution in [2.45, 2.75) is 27.7 Å². The smallest absolute Gasteiger partial charge is 0.165 e. The van der Waals surface area contributed by atoms with E-state index in [0.717, 1.165) is 50.9 Å². The lowest BCUT2D eigenvalue weighted by molar-refractivity contribution is 0.414. The van der Waals surface area contributed by atoms with Gasteiger partial charge in [-0.05, 0) is 56.5 Å². The molecule has 0 fully saturated rings. The van der Waals surface area contributed by atoms with Crippen LogP contribution in [0.5, 0.6) is 5.75 Å². The number of anilines is 1. The second kappa shape index (κ2) is 6.72. The summed E-state index contributed by atoms with van der Waals surface area (Å²) < 4.78 is 7.26. The number of nitrogens with zero attached hydrogens (tertiary/aromatic N) is 3. The fourth-order valence-corrected chi connectivity index (χ4v) is 3.30. The van der Waals surface area contributed by atoms with E-state index in [1.807, 2.05) is 24.4 Å². The van der Waals surface area contributed by atoms with E-state index >= 15 is 0 Å². The molecule has 2 heterocycles. The van der Waals surface area contributed by atoms with Gasteiger partial charge < -0.3 is 15.8 Å². The predicted molar refractivity (Wildman–Crippen MR) is 101 cm³/mol. The third kappa shape index (κ3) is 3.05. The highest BCUT2D eigenvalue weighted by Gasteiger charge is 2.19. The van der Waals surface area contributed by atoms with Gasteiger partial charge in [-0.25, -0.2) is 4.98 Å². The topological polar surface area (TPSA) is 77.5 Å². The summed E-state index contributed by atoms with van der Waals surface area (Å²) in [7, 11) is 1.69. The van der Waals surface area contributed by atoms with Gasteiger partial charge in [0.2, 0.25) is 0 Å². The summed E-state index contributed by atoms with van der Waals surface area (Å²) in [5, 5.41) is 8.06. The van der Waals surface area contributed by atoms with Crippen molar-refractivity contribution < 1.29 is 4.74 Å². The molecule has 0 saturated heterocycles. The van der Waals surface area contributed by atoms with E-state index in [-0.39, 0.29) is 0 Å². The Hall–Kier alpha value is -2.60. The fraction of sp³-hybridized carbons (Fsp3) is 0.368. The van der Waals surface area contributed by atoms with Gasteiger partial charge >= 0.3 is 0 Å². The summed E-state index contributed by atoms with van der Waals surface area (Å²) in [5.41, 5.74) is 12.9. The lowest BCUT2D eigenvalue weighted by Crippen LogP contribution is -2.15. The molecule has 0 aliphatic carbocycles. The van der Waals surface area contributed by atoms with Crippen molar-refractivity contribution in [3.05, 3.63) is 40.7 Å². The SMILES string of the molecule is COc1cc(C)c(-c2c(C)nn3c(NCCN)cc(C)nc23)c(C)c1. The molecule has 132 valence electrons. The molecule has 6 nitrogen and oxygen atoms in total. The van der Waals surface area contributed by atoms with Crippen LogP contribution in [0.4, 0.5) is 5.82 Å². The summed E-state index contributed by atoms with van der Waals surface area (Å²) >= 11 is 0. The lowest BCUT2D eigenvalue weighted by Gasteiger charge is -2.13. The predicted octanol–water partition coefficient (Wildman–Crippen LogP) is 3.01. The highest BCUT2D eigenvalue weighted by Crippen LogP contribution is 2.36. The molecule has 0 aliphatic rings. The minimum Gasteiger partial charge on any atom is -0.497 e. The Morgan fingerprint density at radius 1 is 1.08 bits per heavy atom. The first-order valence-electron chi connectivity index (χ1n) is 8.42. The van der Waals surface area contributed by atoms with Crippen LogP contribution < -0.4 is 15.8 Å². The lowest BCUT2D eigenvalue weighted by atomic mass is 9.95. The number of methoxy groups -OCH3 is 1. The Labute approximate surface area is 148 Å². The van der Waals surface area contributed by atoms with E-state index in [1.165, 1.54) is 0 Å². The highest BCUT2D eigenvalue weighted by atomic mass is 16.5. The number of ether oxygens (including phenoxy) is 1. The van der Waals surface area contributed by atoms with Crippen LogP contribution in [0.15, 0.2) is 18.2 Å². The molecular formula is C19H25N5O. The van der Waals surface area contributed by atoms with Crippen LogP contribution in [0.3, 0.4) is 0 Å². The molecule has 1 aromatic carbocycles. The number of aromatic nitrogens is 3. The molecule has 2 aromatic heterocycles. The standard InChI is InChI=1S/C19H25N5O/c1-11-8-15(25-5)9-12(2)17(11)18-14(4)23-24-16(21-7-6-20)10-13(3)22-19(18)24/h8-10,21H,6-7,20H2,1-5H3. The van der Waals surface area contributed by atoms with Crippen molar-refractivity contribution in [2.24, 2.45) is 5.73 Å². The third-order valence-corrected chi connectivity index (χ3v) is 4.33. The molecule has 0 bridgehead atoms. The molecule has 0 atom stereocenters. The molecule has 25 heavy (non-hydrogen) atoms. The molecule has 0 saturated carbocycles. The summed E-state index contributed by atoms with van der Waals surface area (Å²) in [6.07, 6.45) is 0. The maximum atomic E-state index is 5.63. The van der Waals surface area contributed by atoms with Crippen molar-refractivity contribution in [2.75, 3.05) is 25.5 Å². The number of rotatable bonds is 5. The van der Waals surface area contributed by atoms with Gasteiger partial charge in [-0.15, -0.1) is 0 Å². The molecule has 0 aliphatic heterocycles. The Morgan fingerprint density at radius 2 is 1.76 bits per heavy atom. The van der Waals surface area contributed by atoms with Gasteiger partial charge in [-0.1, -0.05) is 0 Å². The average Bonchev–Trinajstić information content (AvgIpc) is 2.88. The average molecular weight is 339 g/mol. The van der Waals surface area contributed by atoms with Crippen molar-refractivity contribution in [3.8, 4) is 16.9 Å². The van der Waals surface area contributed by atoms with Crippen LogP contribution in [-0.4, -0.2) is 34.8 Å². The van der Waals surface area contributed by atoms with Gasteiger partial charge in [-0.3, -0.25) is 0 Å². The maximum absolute atomic E-state index is 5.63. The first-order chi connectivity index (χ1) is 12.0. The van der Waals surface area contributed by atoms with Crippen LogP contribution in [0.25, 0.3) is 16.8 Å². The van der Waals surface area contributed by atoms with Gasteiger partial charge in [-0.2, -0.15) is 9.61 Å². The van der Waals surface area contributed by atoms with Crippen LogP contribution >= 0.6 is 0 Å². The molecule has 0 spiro atoms. The molecule has 0 radical (unpaired) electrons. The van der Waals surface area contributed by atoms with Crippen molar-refractivity contribution >= 4 is 11.5 Å². The van der Waals surface area contributed by atoms with Crippen LogP contribution in [-0.2, 0) is 0 Å². The normalized spacial score (nSPS) is 11.1. The summed E-state index contributed by atoms with van der Waals surface area (Å²) in [4.78, 5) is 4.76. The van der Waals surface area contributed by atoms with Crippen molar-refractivity contribution in [1.82, 2.24) is 14.6 Å². The monoisotopic (exact) mass is 339 g/mol. The molecule has 3 N–H and O–H groups in total. The van der Waals surface area contributed by atoms with E-state index in [9.17, 15) is 0 Å². The Bertz CT molecular complexity index is 906. The van der Waals surface area contributed by atoms with Gasteiger partial charge in [0, 0.05) is 24.8 Å². The van der Waals surface area contributed by atoms with Crippen LogP contribution in [0, 0.1) is 27.7 Å². The van der Waals surface area contributed by atoms with Crippen molar-refractivity contribution in [1.29, 1.82) is 0 Å². The van der Waals surface area contributed by atoms with E-state index in [2.05, 4.69) is 31.3 Å². The summed E-state index contributed by atoms with van der Waals surface area (Å²) in [5.74, 6) is 1.77. The van der Waals surface area contributed by atoms with E-state index in [4.69, 9.17) is 20.6 Å². The molecule has 0 amide bonds. The van der Waals surface area contributed by atoms with E-state index < -0.39 is 0 Å². The summed E-state index contributed by atoms with van der Waals surface area (Å²) in [6.45, 7) is 9.46. The zero-order valence-corrected chi connectivity index (χ0v) is 15.5. The largest absolute Gasteiger partial charge is 0.497 e. The van der Waals surface area contributed by atoms with Crippen LogP contribution in [0.1, 0.15) is 22.5 Å². The van der Waals surface area contributed by atoms with Gasteiger partial charge in [0.15, 0.2) is 5.65 Å². The number of nitrogens with two attached hydrogens (primary N) is 1. The molecule has 6 heteroatoms. The molecular weight excluding hydrogens is 314 g/mol. The number of hydrogen-bond acceptors (Lipinski definition) is 5. The maximum Gasteiger partial charge on any atom is 0.165 e. The second-order valence-electron chi connectivity index (χ2n) is 6.33. The van der Waals surface area contributed by atoms with Crippen molar-refractivity contribution in [3.63, 3.8) is 0 Å². The van der Waals surface area contributed by atoms with E-state index in [0.29, 0.717) is 13.1 Å². The number of benzene rings is 1. The first kappa shape index (κ1) is 17.2. The minimum absolute atomic E-state index is 0.562. The quantitative estimate of drug-likeness (QED) is 0.747. The number of fused-ring (bicyclic) bond motifs is 1. The van der Waals surface area contributed by atoms with Crippen LogP contribution in [0.2, 0.25) is 0 Å². The molecule has 3 rings (SSSR count). The highest BCUT2D eigenvalue weighted by molar-refractivity contribution is 5.85. The minimum atomic E-state index is 0.562. The molecule has 0 unspecified atom stereocenters. The number of nitrogens with one attached hydrogen (secondary N) is 1. The number of hydrogen-bond donors (Lipinski definition) is 2. The Balaban J connectivity index is 2.28. The fourth-order valence-electron chi connectivity index (χ4n) is 3.30. The van der Waals surface area contributed by atoms with Gasteiger partial charge in [0.25, 0.3) is 0 Å². The van der Waals surface area contributed by atoms with E-state index in [1.54, 1.807) is 7.11 Å². The first-order valence-corrected chi connectivity index (χ1v) is 8.42. The number of aryl methyl sites for hydroxylation is 4. The second-order valence-corrected chi connectivity index (χ2v) is 6.33. The zero-order chi connectivity index (χ0) is 18.1. The third-order valence-electron chi connectivity index (χ3n) is 4.33.